The Hall–Kier alpha value is -2.15. The van der Waals surface area contributed by atoms with Gasteiger partial charge in [0.2, 0.25) is 0 Å². The Bertz CT molecular complexity index is 610. The predicted octanol–water partition coefficient (Wildman–Crippen LogP) is 1.86. The minimum Gasteiger partial charge on any atom is -0.290 e. The normalized spacial score (nSPS) is 11.6. The Morgan fingerprint density at radius 3 is 2.56 bits per heavy atom. The summed E-state index contributed by atoms with van der Waals surface area (Å²) in [5.74, 6) is 3.84. The molecule has 0 saturated heterocycles. The molecule has 0 unspecified atom stereocenters. The van der Waals surface area contributed by atoms with Crippen molar-refractivity contribution in [3.63, 3.8) is 0 Å². The van der Waals surface area contributed by atoms with Gasteiger partial charge in [0.1, 0.15) is 0 Å². The van der Waals surface area contributed by atoms with Crippen molar-refractivity contribution in [3.8, 4) is 0 Å². The number of benzene rings is 1. The van der Waals surface area contributed by atoms with Gasteiger partial charge in [-0.05, 0) is 12.1 Å². The number of para-hydroxylation sites is 1. The molecule has 1 amide bonds. The van der Waals surface area contributed by atoms with Crippen LogP contribution < -0.4 is 11.3 Å². The molecule has 0 aliphatic carbocycles. The number of fused-ring (bicyclic) bond motifs is 1. The summed E-state index contributed by atoms with van der Waals surface area (Å²) in [5, 5.41) is 0.434. The molecule has 4 nitrogen and oxygen atoms in total. The van der Waals surface area contributed by atoms with E-state index >= 15 is 0 Å². The van der Waals surface area contributed by atoms with Crippen molar-refractivity contribution in [3.05, 3.63) is 41.6 Å². The zero-order valence-electron chi connectivity index (χ0n) is 8.95. The monoisotopic (exact) mass is 255 g/mol. The molecule has 0 spiro atoms. The number of nitrogens with two attached hydrogens (primary N) is 1. The molecule has 2 rings (SSSR count). The number of aromatic nitrogens is 1. The number of hydrogen-bond acceptors (Lipinski definition) is 3. The molecular weight excluding hydrogens is 247 g/mol. The molecule has 1 aromatic carbocycles. The van der Waals surface area contributed by atoms with E-state index < -0.39 is 23.3 Å². The van der Waals surface area contributed by atoms with Crippen LogP contribution in [-0.4, -0.2) is 10.9 Å². The lowest BCUT2D eigenvalue weighted by Gasteiger charge is -2.11. The number of alkyl halides is 3. The number of hydrazine groups is 1. The third-order valence-electron chi connectivity index (χ3n) is 2.37. The third-order valence-corrected chi connectivity index (χ3v) is 2.37. The van der Waals surface area contributed by atoms with Crippen LogP contribution in [0.3, 0.4) is 0 Å². The number of rotatable bonds is 1. The van der Waals surface area contributed by atoms with Gasteiger partial charge in [0, 0.05) is 5.39 Å². The number of carbonyl (C=O) groups is 1. The maximum absolute atomic E-state index is 12.8. The van der Waals surface area contributed by atoms with Crippen LogP contribution in [0.4, 0.5) is 13.2 Å². The van der Waals surface area contributed by atoms with E-state index in [9.17, 15) is 18.0 Å². The first-order valence-corrected chi connectivity index (χ1v) is 4.91. The second-order valence-electron chi connectivity index (χ2n) is 3.55. The number of hydrogen-bond donors (Lipinski definition) is 2. The average molecular weight is 255 g/mol. The van der Waals surface area contributed by atoms with E-state index in [1.165, 1.54) is 6.07 Å². The Kier molecular flexibility index (Phi) is 2.92. The van der Waals surface area contributed by atoms with Gasteiger partial charge in [-0.15, -0.1) is 0 Å². The number of amides is 1. The Balaban J connectivity index is 2.76. The van der Waals surface area contributed by atoms with Gasteiger partial charge in [0.25, 0.3) is 5.91 Å². The third kappa shape index (κ3) is 2.12. The number of halogens is 3. The minimum absolute atomic E-state index is 0.165. The molecule has 0 fully saturated rings. The maximum atomic E-state index is 12.8. The van der Waals surface area contributed by atoms with Gasteiger partial charge >= 0.3 is 6.18 Å². The smallest absolute Gasteiger partial charge is 0.290 e. The Labute approximate surface area is 99.6 Å². The molecule has 94 valence electrons. The van der Waals surface area contributed by atoms with E-state index in [1.807, 2.05) is 0 Å². The molecule has 18 heavy (non-hydrogen) atoms. The molecule has 0 aliphatic rings. The van der Waals surface area contributed by atoms with Crippen LogP contribution in [0.25, 0.3) is 10.9 Å². The van der Waals surface area contributed by atoms with Crippen molar-refractivity contribution >= 4 is 16.8 Å². The highest BCUT2D eigenvalue weighted by Gasteiger charge is 2.37. The predicted molar refractivity (Wildman–Crippen MR) is 58.4 cm³/mol. The van der Waals surface area contributed by atoms with Crippen LogP contribution >= 0.6 is 0 Å². The van der Waals surface area contributed by atoms with E-state index in [4.69, 9.17) is 5.84 Å². The lowest BCUT2D eigenvalue weighted by atomic mass is 10.1. The quantitative estimate of drug-likeness (QED) is 0.464. The van der Waals surface area contributed by atoms with Gasteiger partial charge in [-0.25, -0.2) is 10.8 Å². The first-order chi connectivity index (χ1) is 8.43. The number of pyridine rings is 1. The zero-order chi connectivity index (χ0) is 13.3. The van der Waals surface area contributed by atoms with E-state index in [0.29, 0.717) is 5.39 Å². The topological polar surface area (TPSA) is 68.0 Å². The van der Waals surface area contributed by atoms with Crippen molar-refractivity contribution < 1.29 is 18.0 Å². The van der Waals surface area contributed by atoms with Crippen LogP contribution in [0, 0.1) is 0 Å². The summed E-state index contributed by atoms with van der Waals surface area (Å²) in [4.78, 5) is 14.8. The lowest BCUT2D eigenvalue weighted by Crippen LogP contribution is -2.32. The summed E-state index contributed by atoms with van der Waals surface area (Å²) in [6, 6.07) is 7.33. The fourth-order valence-corrected chi connectivity index (χ4v) is 1.58. The molecule has 7 heteroatoms. The number of carbonyl (C=O) groups excluding carboxylic acids is 1. The van der Waals surface area contributed by atoms with E-state index in [0.717, 1.165) is 6.07 Å². The standard InChI is InChI=1S/C11H8F3N3O/c12-11(13,14)9-7(10(18)17-15)5-6-3-1-2-4-8(6)16-9/h1-5H,15H2,(H,17,18). The molecule has 0 aliphatic heterocycles. The summed E-state index contributed by atoms with van der Waals surface area (Å²) < 4.78 is 38.4. The largest absolute Gasteiger partial charge is 0.434 e. The molecule has 1 aromatic heterocycles. The van der Waals surface area contributed by atoms with Gasteiger partial charge in [0.05, 0.1) is 11.1 Å². The minimum atomic E-state index is -4.72. The zero-order valence-corrected chi connectivity index (χ0v) is 8.95. The molecule has 3 N–H and O–H groups in total. The average Bonchev–Trinajstić information content (AvgIpc) is 2.35. The number of nitrogen functional groups attached to an aromatic ring is 1. The summed E-state index contributed by atoms with van der Waals surface area (Å²) in [7, 11) is 0. The second-order valence-corrected chi connectivity index (χ2v) is 3.55. The summed E-state index contributed by atoms with van der Waals surface area (Å²) in [5.41, 5.74) is 0.00475. The number of nitrogens with one attached hydrogen (secondary N) is 1. The van der Waals surface area contributed by atoms with Crippen LogP contribution in [0.5, 0.6) is 0 Å². The molecule has 2 aromatic rings. The fourth-order valence-electron chi connectivity index (χ4n) is 1.58. The number of nitrogens with zero attached hydrogens (tertiary/aromatic N) is 1. The first kappa shape index (κ1) is 12.3. The molecule has 0 radical (unpaired) electrons. The molecule has 0 atom stereocenters. The first-order valence-electron chi connectivity index (χ1n) is 4.91. The van der Waals surface area contributed by atoms with Crippen LogP contribution in [0.1, 0.15) is 16.1 Å². The van der Waals surface area contributed by atoms with Gasteiger partial charge in [-0.2, -0.15) is 13.2 Å². The van der Waals surface area contributed by atoms with Crippen molar-refractivity contribution in [2.24, 2.45) is 5.84 Å². The van der Waals surface area contributed by atoms with Crippen LogP contribution in [-0.2, 0) is 6.18 Å². The second kappa shape index (κ2) is 4.26. The van der Waals surface area contributed by atoms with Crippen LogP contribution in [0.15, 0.2) is 30.3 Å². The highest BCUT2D eigenvalue weighted by molar-refractivity contribution is 5.98. The van der Waals surface area contributed by atoms with Gasteiger partial charge < -0.3 is 0 Å². The molecule has 0 saturated carbocycles. The van der Waals surface area contributed by atoms with E-state index in [2.05, 4.69) is 4.98 Å². The lowest BCUT2D eigenvalue weighted by molar-refractivity contribution is -0.141. The fraction of sp³-hybridized carbons (Fsp3) is 0.0909. The van der Waals surface area contributed by atoms with Crippen molar-refractivity contribution in [2.75, 3.05) is 0 Å². The molecular formula is C11H8F3N3O. The summed E-state index contributed by atoms with van der Waals surface area (Å²) >= 11 is 0. The van der Waals surface area contributed by atoms with E-state index in [1.54, 1.807) is 23.6 Å². The van der Waals surface area contributed by atoms with Gasteiger partial charge in [0.15, 0.2) is 5.69 Å². The van der Waals surface area contributed by atoms with Gasteiger partial charge in [-0.1, -0.05) is 18.2 Å². The van der Waals surface area contributed by atoms with Crippen molar-refractivity contribution in [1.82, 2.24) is 10.4 Å². The SMILES string of the molecule is NNC(=O)c1cc2ccccc2nc1C(F)(F)F. The summed E-state index contributed by atoms with van der Waals surface area (Å²) in [6.45, 7) is 0. The maximum Gasteiger partial charge on any atom is 0.434 e. The highest BCUT2D eigenvalue weighted by Crippen LogP contribution is 2.32. The Morgan fingerprint density at radius 2 is 1.94 bits per heavy atom. The summed E-state index contributed by atoms with van der Waals surface area (Å²) in [6.07, 6.45) is -4.72. The van der Waals surface area contributed by atoms with Crippen molar-refractivity contribution in [2.45, 2.75) is 6.18 Å². The van der Waals surface area contributed by atoms with Gasteiger partial charge in [-0.3, -0.25) is 10.2 Å². The molecule has 1 heterocycles. The Morgan fingerprint density at radius 1 is 1.28 bits per heavy atom. The highest BCUT2D eigenvalue weighted by atomic mass is 19.4. The van der Waals surface area contributed by atoms with E-state index in [-0.39, 0.29) is 5.52 Å². The van der Waals surface area contributed by atoms with Crippen LogP contribution in [0.2, 0.25) is 0 Å². The van der Waals surface area contributed by atoms with Crippen molar-refractivity contribution in [1.29, 1.82) is 0 Å². The molecule has 0 bridgehead atoms.